The fourth-order valence-electron chi connectivity index (χ4n) is 2.11. The molecule has 0 bridgehead atoms. The van der Waals surface area contributed by atoms with E-state index in [4.69, 9.17) is 5.73 Å². The second kappa shape index (κ2) is 11.8. The van der Waals surface area contributed by atoms with Gasteiger partial charge in [-0.1, -0.05) is 6.07 Å². The van der Waals surface area contributed by atoms with E-state index in [1.807, 2.05) is 0 Å². The number of nitro groups is 1. The van der Waals surface area contributed by atoms with Gasteiger partial charge in [-0.05, 0) is 67.8 Å². The van der Waals surface area contributed by atoms with Crippen molar-refractivity contribution in [1.82, 2.24) is 0 Å². The third-order valence-electron chi connectivity index (χ3n) is 3.55. The van der Waals surface area contributed by atoms with E-state index >= 15 is 0 Å². The minimum absolute atomic E-state index is 0.0369. The molecule has 0 aliphatic rings. The summed E-state index contributed by atoms with van der Waals surface area (Å²) in [7, 11) is 2.50. The average Bonchev–Trinajstić information content (AvgIpc) is 2.73. The largest absolute Gasteiger partial charge is 0.465 e. The van der Waals surface area contributed by atoms with Crippen molar-refractivity contribution in [3.05, 3.63) is 72.2 Å². The highest BCUT2D eigenvalue weighted by atomic mass is 79.9. The molecule has 9 nitrogen and oxygen atoms in total. The molecule has 0 aliphatic carbocycles. The van der Waals surface area contributed by atoms with Crippen molar-refractivity contribution in [2.45, 2.75) is 0 Å². The maximum Gasteiger partial charge on any atom is 0.338 e. The maximum atomic E-state index is 11.2. The lowest BCUT2D eigenvalue weighted by Gasteiger charge is -2.03. The number of benzene rings is 2. The van der Waals surface area contributed by atoms with Gasteiger partial charge in [0, 0.05) is 11.8 Å². The average molecular weight is 544 g/mol. The molecular formula is C19H16Br2N2O7. The molecule has 0 fully saturated rings. The van der Waals surface area contributed by atoms with Crippen molar-refractivity contribution in [1.29, 1.82) is 0 Å². The van der Waals surface area contributed by atoms with Gasteiger partial charge in [-0.3, -0.25) is 14.9 Å². The van der Waals surface area contributed by atoms with Crippen molar-refractivity contribution >= 4 is 67.5 Å². The first kappa shape index (κ1) is 25.0. The molecule has 0 aliphatic heterocycles. The highest BCUT2D eigenvalue weighted by Crippen LogP contribution is 2.23. The molecule has 2 aromatic carbocycles. The van der Waals surface area contributed by atoms with E-state index in [0.29, 0.717) is 17.5 Å². The third kappa shape index (κ3) is 7.08. The third-order valence-corrected chi connectivity index (χ3v) is 4.01. The van der Waals surface area contributed by atoms with E-state index in [-0.39, 0.29) is 11.1 Å². The lowest BCUT2D eigenvalue weighted by molar-refractivity contribution is -0.385. The number of nitrogen functional groups attached to an aromatic ring is 1. The van der Waals surface area contributed by atoms with Gasteiger partial charge in [-0.15, -0.1) is 0 Å². The number of nitro benzene ring substituents is 1. The summed E-state index contributed by atoms with van der Waals surface area (Å²) < 4.78 is 9.76. The number of hydrogen-bond acceptors (Lipinski definition) is 8. The molecule has 0 heterocycles. The van der Waals surface area contributed by atoms with Crippen molar-refractivity contribution in [2.75, 3.05) is 20.0 Å². The molecule has 2 aromatic rings. The van der Waals surface area contributed by atoms with Gasteiger partial charge in [0.25, 0.3) is 5.69 Å². The molecule has 0 spiro atoms. The Kier molecular flexibility index (Phi) is 9.85. The van der Waals surface area contributed by atoms with E-state index in [0.717, 1.165) is 15.0 Å². The van der Waals surface area contributed by atoms with Gasteiger partial charge in [-0.25, -0.2) is 9.59 Å². The Bertz CT molecular complexity index is 1000. The Morgan fingerprint density at radius 2 is 1.50 bits per heavy atom. The van der Waals surface area contributed by atoms with Gasteiger partial charge in [0.2, 0.25) is 0 Å². The number of ether oxygens (including phenoxy) is 2. The molecule has 0 amide bonds. The van der Waals surface area contributed by atoms with Crippen molar-refractivity contribution in [3.8, 4) is 0 Å². The smallest absolute Gasteiger partial charge is 0.338 e. The lowest BCUT2D eigenvalue weighted by atomic mass is 10.1. The summed E-state index contributed by atoms with van der Waals surface area (Å²) in [6.45, 7) is 0. The summed E-state index contributed by atoms with van der Waals surface area (Å²) in [4.78, 5) is 42.5. The zero-order chi connectivity index (χ0) is 22.8. The van der Waals surface area contributed by atoms with Gasteiger partial charge in [-0.2, -0.15) is 0 Å². The molecule has 0 saturated heterocycles. The van der Waals surface area contributed by atoms with Crippen LogP contribution in [-0.2, 0) is 9.47 Å². The number of nitrogens with two attached hydrogens (primary N) is 1. The minimum atomic E-state index is -0.726. The van der Waals surface area contributed by atoms with Crippen LogP contribution in [-0.4, -0.2) is 37.4 Å². The minimum Gasteiger partial charge on any atom is -0.465 e. The molecule has 2 N–H and O–H groups in total. The molecule has 0 atom stereocenters. The SMILES string of the molecule is COC(=O)c1ccc(C=C(Br)Br)c(N)c1.COC(=O)c1ccc(C=O)c([N+](=O)[O-])c1. The maximum absolute atomic E-state index is 11.2. The number of nitrogens with zero attached hydrogens (tertiary/aromatic N) is 1. The molecule has 2 rings (SSSR count). The zero-order valence-corrected chi connectivity index (χ0v) is 18.9. The summed E-state index contributed by atoms with van der Waals surface area (Å²) in [5.41, 5.74) is 7.11. The Hall–Kier alpha value is -3.05. The van der Waals surface area contributed by atoms with Crippen LogP contribution in [0.25, 0.3) is 6.08 Å². The zero-order valence-electron chi connectivity index (χ0n) is 15.8. The van der Waals surface area contributed by atoms with Crippen LogP contribution < -0.4 is 5.73 Å². The van der Waals surface area contributed by atoms with E-state index in [1.54, 1.807) is 24.3 Å². The second-order valence-corrected chi connectivity index (χ2v) is 8.18. The molecular weight excluding hydrogens is 528 g/mol. The number of carbonyl (C=O) groups excluding carboxylic acids is 3. The fraction of sp³-hybridized carbons (Fsp3) is 0.105. The van der Waals surface area contributed by atoms with Crippen molar-refractivity contribution < 1.29 is 28.8 Å². The molecule has 0 aromatic heterocycles. The Labute approximate surface area is 188 Å². The number of carbonyl (C=O) groups is 3. The standard InChI is InChI=1S/C10H9Br2NO2.C9H7NO5/c1-15-10(14)7-3-2-6(5-9(11)12)8(13)4-7;1-15-9(12)6-2-3-7(5-11)8(4-6)10(13)14/h2-5H,13H2,1H3;2-5H,1H3. The van der Waals surface area contributed by atoms with Crippen molar-refractivity contribution in [2.24, 2.45) is 0 Å². The van der Waals surface area contributed by atoms with Gasteiger partial charge >= 0.3 is 11.9 Å². The number of esters is 2. The molecule has 30 heavy (non-hydrogen) atoms. The second-order valence-electron chi connectivity index (χ2n) is 5.41. The topological polar surface area (TPSA) is 139 Å². The number of methoxy groups -OCH3 is 2. The summed E-state index contributed by atoms with van der Waals surface area (Å²) in [6, 6.07) is 8.51. The van der Waals surface area contributed by atoms with Crippen molar-refractivity contribution in [3.63, 3.8) is 0 Å². The van der Waals surface area contributed by atoms with Crippen LogP contribution in [0.4, 0.5) is 11.4 Å². The number of aldehydes is 1. The predicted molar refractivity (Wildman–Crippen MR) is 118 cm³/mol. The molecule has 0 radical (unpaired) electrons. The van der Waals surface area contributed by atoms with E-state index in [9.17, 15) is 24.5 Å². The number of anilines is 1. The van der Waals surface area contributed by atoms with Crippen LogP contribution in [0.1, 0.15) is 36.6 Å². The van der Waals surface area contributed by atoms with Crippen LogP contribution >= 0.6 is 31.9 Å². The van der Waals surface area contributed by atoms with Crippen LogP contribution in [0.5, 0.6) is 0 Å². The predicted octanol–water partition coefficient (Wildman–Crippen LogP) is 4.34. The summed E-state index contributed by atoms with van der Waals surface area (Å²) >= 11 is 6.47. The first-order valence-electron chi connectivity index (χ1n) is 7.97. The first-order chi connectivity index (χ1) is 14.1. The van der Waals surface area contributed by atoms with Crippen LogP contribution in [0, 0.1) is 10.1 Å². The monoisotopic (exact) mass is 542 g/mol. The van der Waals surface area contributed by atoms with Gasteiger partial charge in [0.05, 0.1) is 39.2 Å². The van der Waals surface area contributed by atoms with Gasteiger partial charge < -0.3 is 15.2 Å². The summed E-state index contributed by atoms with van der Waals surface area (Å²) in [5, 5.41) is 10.5. The lowest BCUT2D eigenvalue weighted by Crippen LogP contribution is -2.03. The van der Waals surface area contributed by atoms with E-state index in [2.05, 4.69) is 41.3 Å². The molecule has 158 valence electrons. The Morgan fingerprint density at radius 3 is 1.90 bits per heavy atom. The van der Waals surface area contributed by atoms with Crippen LogP contribution in [0.15, 0.2) is 39.8 Å². The Morgan fingerprint density at radius 1 is 1.00 bits per heavy atom. The molecule has 11 heteroatoms. The van der Waals surface area contributed by atoms with Gasteiger partial charge in [0.1, 0.15) is 0 Å². The van der Waals surface area contributed by atoms with E-state index in [1.165, 1.54) is 26.4 Å². The Balaban J connectivity index is 0.000000300. The van der Waals surface area contributed by atoms with Gasteiger partial charge in [0.15, 0.2) is 6.29 Å². The van der Waals surface area contributed by atoms with E-state index < -0.39 is 22.5 Å². The summed E-state index contributed by atoms with van der Waals surface area (Å²) in [6.07, 6.45) is 2.16. The number of halogens is 2. The first-order valence-corrected chi connectivity index (χ1v) is 9.55. The summed E-state index contributed by atoms with van der Waals surface area (Å²) in [5.74, 6) is -1.08. The van der Waals surface area contributed by atoms with Crippen LogP contribution in [0.3, 0.4) is 0 Å². The molecule has 0 saturated carbocycles. The quantitative estimate of drug-likeness (QED) is 0.193. The number of hydrogen-bond donors (Lipinski definition) is 1. The molecule has 0 unspecified atom stereocenters. The fourth-order valence-corrected chi connectivity index (χ4v) is 2.61. The number of rotatable bonds is 5. The highest BCUT2D eigenvalue weighted by Gasteiger charge is 2.17. The normalized spacial score (nSPS) is 9.47. The highest BCUT2D eigenvalue weighted by molar-refractivity contribution is 9.28. The van der Waals surface area contributed by atoms with Crippen LogP contribution in [0.2, 0.25) is 0 Å².